The number of esters is 1. The van der Waals surface area contributed by atoms with E-state index in [9.17, 15) is 18.0 Å². The number of urea groups is 1. The Morgan fingerprint density at radius 1 is 1.23 bits per heavy atom. The summed E-state index contributed by atoms with van der Waals surface area (Å²) in [6, 6.07) is 7.72. The fourth-order valence-corrected chi connectivity index (χ4v) is 5.24. The molecule has 0 saturated carbocycles. The zero-order chi connectivity index (χ0) is 22.6. The lowest BCUT2D eigenvalue weighted by molar-refractivity contribution is -0.144. The van der Waals surface area contributed by atoms with Crippen molar-refractivity contribution in [2.75, 3.05) is 19.7 Å². The Kier molecular flexibility index (Phi) is 6.99. The second kappa shape index (κ2) is 9.51. The molecule has 2 N–H and O–H groups in total. The van der Waals surface area contributed by atoms with Gasteiger partial charge in [-0.3, -0.25) is 0 Å². The maximum atomic E-state index is 12.7. The monoisotopic (exact) mass is 448 g/mol. The lowest BCUT2D eigenvalue weighted by Crippen LogP contribution is -2.51. The first kappa shape index (κ1) is 22.8. The van der Waals surface area contributed by atoms with Crippen LogP contribution in [0.15, 0.2) is 40.3 Å². The van der Waals surface area contributed by atoms with Crippen LogP contribution in [-0.4, -0.2) is 62.9 Å². The van der Waals surface area contributed by atoms with Crippen LogP contribution in [0.4, 0.5) is 4.79 Å². The summed E-state index contributed by atoms with van der Waals surface area (Å²) in [5, 5.41) is 5.44. The molecule has 1 saturated heterocycles. The van der Waals surface area contributed by atoms with E-state index in [4.69, 9.17) is 4.74 Å². The average Bonchev–Trinajstić information content (AvgIpc) is 2.98. The maximum Gasteiger partial charge on any atom is 0.328 e. The molecule has 168 valence electrons. The van der Waals surface area contributed by atoms with Crippen molar-refractivity contribution in [1.29, 1.82) is 0 Å². The molecule has 0 radical (unpaired) electrons. The van der Waals surface area contributed by atoms with Gasteiger partial charge in [0.1, 0.15) is 16.8 Å². The molecule has 10 heteroatoms. The lowest BCUT2D eigenvalue weighted by atomic mass is 10.0. The highest BCUT2D eigenvalue weighted by atomic mass is 32.2. The fraction of sp³-hybridized carbons (Fsp3) is 0.476. The summed E-state index contributed by atoms with van der Waals surface area (Å²) in [5.41, 5.74) is 1.27. The van der Waals surface area contributed by atoms with Gasteiger partial charge in [-0.25, -0.2) is 9.59 Å². The summed E-state index contributed by atoms with van der Waals surface area (Å²) in [6.45, 7) is 6.43. The van der Waals surface area contributed by atoms with E-state index in [0.29, 0.717) is 42.9 Å². The maximum absolute atomic E-state index is 12.7. The standard InChI is InChI=1S/C21H28N4O5S/c1-4-30-20(26)15(3)22-21(27)23-17-10-12-25(13-11-17)19-14(2)18(31(28,29)24-19)16-8-6-5-7-9-16/h5-9,15,17H,4,10-13H2,1-3H3,(H2,22,23,27)/t15-/m1/s1. The van der Waals surface area contributed by atoms with Crippen molar-refractivity contribution in [3.8, 4) is 0 Å². The molecule has 2 aliphatic heterocycles. The first-order valence-electron chi connectivity index (χ1n) is 10.3. The number of hydrogen-bond acceptors (Lipinski definition) is 6. The number of rotatable bonds is 5. The molecule has 2 amide bonds. The zero-order valence-electron chi connectivity index (χ0n) is 17.9. The number of piperidine rings is 1. The number of hydrogen-bond donors (Lipinski definition) is 2. The van der Waals surface area contributed by atoms with Crippen molar-refractivity contribution in [1.82, 2.24) is 15.5 Å². The van der Waals surface area contributed by atoms with E-state index in [1.807, 2.05) is 11.0 Å². The molecule has 1 aromatic carbocycles. The molecule has 0 aliphatic carbocycles. The Bertz CT molecular complexity index is 996. The molecular weight excluding hydrogens is 420 g/mol. The van der Waals surface area contributed by atoms with E-state index in [1.54, 1.807) is 45.0 Å². The third-order valence-electron chi connectivity index (χ3n) is 5.29. The third kappa shape index (κ3) is 5.25. The Balaban J connectivity index is 1.59. The third-order valence-corrected chi connectivity index (χ3v) is 6.77. The van der Waals surface area contributed by atoms with Crippen molar-refractivity contribution < 1.29 is 22.7 Å². The number of benzene rings is 1. The first-order valence-corrected chi connectivity index (χ1v) is 11.8. The smallest absolute Gasteiger partial charge is 0.328 e. The average molecular weight is 449 g/mol. The molecule has 0 aromatic heterocycles. The van der Waals surface area contributed by atoms with Crippen molar-refractivity contribution in [2.45, 2.75) is 45.7 Å². The molecule has 3 rings (SSSR count). The van der Waals surface area contributed by atoms with Crippen LogP contribution >= 0.6 is 0 Å². The van der Waals surface area contributed by atoms with Crippen LogP contribution in [0.1, 0.15) is 39.2 Å². The Labute approximate surface area is 182 Å². The molecule has 2 aliphatic rings. The van der Waals surface area contributed by atoms with E-state index in [1.165, 1.54) is 0 Å². The van der Waals surface area contributed by atoms with E-state index < -0.39 is 28.1 Å². The van der Waals surface area contributed by atoms with Crippen LogP contribution in [0, 0.1) is 0 Å². The van der Waals surface area contributed by atoms with Crippen molar-refractivity contribution in [3.63, 3.8) is 0 Å². The van der Waals surface area contributed by atoms with Gasteiger partial charge in [0.25, 0.3) is 10.0 Å². The highest BCUT2D eigenvalue weighted by molar-refractivity contribution is 8.00. The van der Waals surface area contributed by atoms with Crippen molar-refractivity contribution in [3.05, 3.63) is 41.5 Å². The zero-order valence-corrected chi connectivity index (χ0v) is 18.7. The SMILES string of the molecule is CCOC(=O)[C@@H](C)NC(=O)NC1CCN(C2=NS(=O)(=O)C(c3ccccc3)=C2C)CC1. The van der Waals surface area contributed by atoms with Crippen LogP contribution < -0.4 is 10.6 Å². The second-order valence-corrected chi connectivity index (χ2v) is 9.10. The van der Waals surface area contributed by atoms with Crippen LogP contribution in [0.25, 0.3) is 4.91 Å². The second-order valence-electron chi connectivity index (χ2n) is 7.56. The first-order chi connectivity index (χ1) is 14.7. The summed E-state index contributed by atoms with van der Waals surface area (Å²) < 4.78 is 34.2. The molecular formula is C21H28N4O5S. The number of likely N-dealkylation sites (tertiary alicyclic amines) is 1. The largest absolute Gasteiger partial charge is 0.464 e. The van der Waals surface area contributed by atoms with Crippen LogP contribution in [-0.2, 0) is 19.6 Å². The molecule has 1 fully saturated rings. The Morgan fingerprint density at radius 2 is 1.87 bits per heavy atom. The minimum atomic E-state index is -3.74. The summed E-state index contributed by atoms with van der Waals surface area (Å²) >= 11 is 0. The summed E-state index contributed by atoms with van der Waals surface area (Å²) in [5.74, 6) is -0.0119. The van der Waals surface area contributed by atoms with Crippen molar-refractivity contribution >= 4 is 32.8 Å². The minimum Gasteiger partial charge on any atom is -0.464 e. The Hall–Kier alpha value is -2.88. The van der Waals surface area contributed by atoms with Gasteiger partial charge in [0.05, 0.1) is 6.61 Å². The number of nitrogens with zero attached hydrogens (tertiary/aromatic N) is 2. The molecule has 31 heavy (non-hydrogen) atoms. The molecule has 9 nitrogen and oxygen atoms in total. The van der Waals surface area contributed by atoms with E-state index in [0.717, 1.165) is 0 Å². The molecule has 0 spiro atoms. The Morgan fingerprint density at radius 3 is 2.48 bits per heavy atom. The number of amidine groups is 1. The lowest BCUT2D eigenvalue weighted by Gasteiger charge is -2.34. The molecule has 2 heterocycles. The number of carbonyl (C=O) groups is 2. The fourth-order valence-electron chi connectivity index (χ4n) is 3.76. The van der Waals surface area contributed by atoms with Gasteiger partial charge in [-0.15, -0.1) is 4.40 Å². The van der Waals surface area contributed by atoms with E-state index in [-0.39, 0.29) is 17.6 Å². The topological polar surface area (TPSA) is 117 Å². The number of amides is 2. The van der Waals surface area contributed by atoms with Crippen LogP contribution in [0.5, 0.6) is 0 Å². The normalized spacial score (nSPS) is 19.6. The van der Waals surface area contributed by atoms with Gasteiger partial charge in [0.15, 0.2) is 0 Å². The van der Waals surface area contributed by atoms with Gasteiger partial charge in [0.2, 0.25) is 0 Å². The van der Waals surface area contributed by atoms with Gasteiger partial charge in [-0.05, 0) is 39.2 Å². The highest BCUT2D eigenvalue weighted by Crippen LogP contribution is 2.34. The van der Waals surface area contributed by atoms with Gasteiger partial charge in [-0.2, -0.15) is 8.42 Å². The summed E-state index contributed by atoms with van der Waals surface area (Å²) in [7, 11) is -3.74. The molecule has 1 aromatic rings. The minimum absolute atomic E-state index is 0.0814. The number of ether oxygens (including phenoxy) is 1. The van der Waals surface area contributed by atoms with Gasteiger partial charge >= 0.3 is 12.0 Å². The predicted molar refractivity (Wildman–Crippen MR) is 118 cm³/mol. The van der Waals surface area contributed by atoms with E-state index in [2.05, 4.69) is 15.0 Å². The summed E-state index contributed by atoms with van der Waals surface area (Å²) in [6.07, 6.45) is 1.27. The molecule has 0 bridgehead atoms. The van der Waals surface area contributed by atoms with Crippen LogP contribution in [0.3, 0.4) is 0 Å². The van der Waals surface area contributed by atoms with Crippen molar-refractivity contribution in [2.24, 2.45) is 4.40 Å². The van der Waals surface area contributed by atoms with Gasteiger partial charge in [0, 0.05) is 24.7 Å². The highest BCUT2D eigenvalue weighted by Gasteiger charge is 2.35. The van der Waals surface area contributed by atoms with Crippen LogP contribution in [0.2, 0.25) is 0 Å². The van der Waals surface area contributed by atoms with Gasteiger partial charge < -0.3 is 20.3 Å². The van der Waals surface area contributed by atoms with E-state index >= 15 is 0 Å². The molecule has 1 atom stereocenters. The number of nitrogens with one attached hydrogen (secondary N) is 2. The number of sulfonamides is 1. The molecule has 0 unspecified atom stereocenters. The summed E-state index contributed by atoms with van der Waals surface area (Å²) in [4.78, 5) is 26.0. The quantitative estimate of drug-likeness (QED) is 0.664. The number of carbonyl (C=O) groups excluding carboxylic acids is 2. The van der Waals surface area contributed by atoms with Gasteiger partial charge in [-0.1, -0.05) is 30.3 Å². The predicted octanol–water partition coefficient (Wildman–Crippen LogP) is 1.87.